The van der Waals surface area contributed by atoms with E-state index in [-0.39, 0.29) is 17.5 Å². The Morgan fingerprint density at radius 3 is 2.41 bits per heavy atom. The Bertz CT molecular complexity index is 441. The van der Waals surface area contributed by atoms with E-state index in [0.29, 0.717) is 18.0 Å². The molecule has 1 aromatic heterocycles. The molecular weight excluding hydrogens is 214 g/mol. The molecule has 0 spiro atoms. The summed E-state index contributed by atoms with van der Waals surface area (Å²) in [5.74, 6) is 0.390. The number of nitrogens with zero attached hydrogens (tertiary/aromatic N) is 2. The highest BCUT2D eigenvalue weighted by Gasteiger charge is 2.19. The molecule has 0 amide bonds. The lowest BCUT2D eigenvalue weighted by molar-refractivity contribution is 0.435. The van der Waals surface area contributed by atoms with Gasteiger partial charge in [-0.05, 0) is 12.0 Å². The maximum atomic E-state index is 12.0. The fourth-order valence-corrected chi connectivity index (χ4v) is 1.58. The number of rotatable bonds is 3. The summed E-state index contributed by atoms with van der Waals surface area (Å²) in [5, 5.41) is 4.44. The van der Waals surface area contributed by atoms with Gasteiger partial charge in [0.1, 0.15) is 0 Å². The second-order valence-corrected chi connectivity index (χ2v) is 5.89. The summed E-state index contributed by atoms with van der Waals surface area (Å²) in [6.07, 6.45) is 0. The van der Waals surface area contributed by atoms with Crippen LogP contribution in [0.3, 0.4) is 0 Å². The molecule has 1 aromatic rings. The highest BCUT2D eigenvalue weighted by Crippen LogP contribution is 2.19. The van der Waals surface area contributed by atoms with Crippen molar-refractivity contribution < 1.29 is 0 Å². The van der Waals surface area contributed by atoms with Gasteiger partial charge in [0.25, 0.3) is 5.56 Å². The van der Waals surface area contributed by atoms with E-state index in [1.807, 2.05) is 6.07 Å². The second-order valence-electron chi connectivity index (χ2n) is 5.89. The van der Waals surface area contributed by atoms with E-state index in [4.69, 9.17) is 5.73 Å². The Morgan fingerprint density at radius 1 is 1.41 bits per heavy atom. The van der Waals surface area contributed by atoms with Crippen LogP contribution in [0.2, 0.25) is 0 Å². The minimum atomic E-state index is -0.0731. The predicted octanol–water partition coefficient (Wildman–Crippen LogP) is 1.66. The molecule has 0 fully saturated rings. The third-order valence-electron chi connectivity index (χ3n) is 2.57. The molecule has 17 heavy (non-hydrogen) atoms. The topological polar surface area (TPSA) is 60.9 Å². The van der Waals surface area contributed by atoms with Crippen molar-refractivity contribution in [3.8, 4) is 0 Å². The average Bonchev–Trinajstić information content (AvgIpc) is 2.18. The zero-order chi connectivity index (χ0) is 13.2. The van der Waals surface area contributed by atoms with Crippen LogP contribution in [-0.2, 0) is 18.5 Å². The van der Waals surface area contributed by atoms with E-state index < -0.39 is 0 Å². The lowest BCUT2D eigenvalue weighted by atomic mass is 9.91. The van der Waals surface area contributed by atoms with Gasteiger partial charge in [0, 0.05) is 24.1 Å². The third-order valence-corrected chi connectivity index (χ3v) is 2.57. The van der Waals surface area contributed by atoms with Gasteiger partial charge in [-0.3, -0.25) is 4.79 Å². The molecule has 4 nitrogen and oxygen atoms in total. The van der Waals surface area contributed by atoms with Crippen molar-refractivity contribution in [2.45, 2.75) is 53.1 Å². The monoisotopic (exact) mass is 237 g/mol. The molecule has 0 aliphatic heterocycles. The van der Waals surface area contributed by atoms with Gasteiger partial charge < -0.3 is 5.73 Å². The van der Waals surface area contributed by atoms with Crippen LogP contribution in [0.15, 0.2) is 10.9 Å². The summed E-state index contributed by atoms with van der Waals surface area (Å²) in [7, 11) is 0. The van der Waals surface area contributed by atoms with E-state index in [2.05, 4.69) is 39.7 Å². The first-order chi connectivity index (χ1) is 7.75. The molecule has 0 aliphatic carbocycles. The molecular formula is C13H23N3O. The maximum absolute atomic E-state index is 12.0. The molecule has 0 bridgehead atoms. The fraction of sp³-hybridized carbons (Fsp3) is 0.692. The molecule has 0 saturated heterocycles. The average molecular weight is 237 g/mol. The molecule has 2 N–H and O–H groups in total. The normalized spacial score (nSPS) is 12.2. The Balaban J connectivity index is 3.34. The first-order valence-corrected chi connectivity index (χ1v) is 6.07. The molecule has 0 aliphatic rings. The molecule has 0 aromatic carbocycles. The SMILES string of the molecule is CC(C)Cn1nc(C(C)(C)C)cc(CN)c1=O. The van der Waals surface area contributed by atoms with E-state index in [0.717, 1.165) is 5.69 Å². The quantitative estimate of drug-likeness (QED) is 0.869. The van der Waals surface area contributed by atoms with Crippen molar-refractivity contribution in [1.29, 1.82) is 0 Å². The predicted molar refractivity (Wildman–Crippen MR) is 69.9 cm³/mol. The zero-order valence-corrected chi connectivity index (χ0v) is 11.4. The van der Waals surface area contributed by atoms with Crippen LogP contribution in [0.4, 0.5) is 0 Å². The maximum Gasteiger partial charge on any atom is 0.271 e. The third kappa shape index (κ3) is 3.40. The first kappa shape index (κ1) is 13.9. The van der Waals surface area contributed by atoms with Gasteiger partial charge in [-0.25, -0.2) is 4.68 Å². The van der Waals surface area contributed by atoms with Gasteiger partial charge in [-0.1, -0.05) is 34.6 Å². The van der Waals surface area contributed by atoms with Gasteiger partial charge in [0.15, 0.2) is 0 Å². The minimum absolute atomic E-state index is 0.0609. The Kier molecular flexibility index (Phi) is 4.09. The molecule has 0 unspecified atom stereocenters. The van der Waals surface area contributed by atoms with Gasteiger partial charge in [-0.15, -0.1) is 0 Å². The highest BCUT2D eigenvalue weighted by atomic mass is 16.1. The molecule has 0 saturated carbocycles. The summed E-state index contributed by atoms with van der Waals surface area (Å²) in [4.78, 5) is 12.0. The number of hydrogen-bond acceptors (Lipinski definition) is 3. The number of aromatic nitrogens is 2. The first-order valence-electron chi connectivity index (χ1n) is 6.07. The Labute approximate surface area is 103 Å². The minimum Gasteiger partial charge on any atom is -0.326 e. The second kappa shape index (κ2) is 5.00. The van der Waals surface area contributed by atoms with Crippen molar-refractivity contribution in [2.75, 3.05) is 0 Å². The van der Waals surface area contributed by atoms with E-state index in [1.54, 1.807) is 4.68 Å². The summed E-state index contributed by atoms with van der Waals surface area (Å²) in [6.45, 7) is 11.3. The van der Waals surface area contributed by atoms with Gasteiger partial charge in [0.2, 0.25) is 0 Å². The smallest absolute Gasteiger partial charge is 0.271 e. The van der Waals surface area contributed by atoms with Crippen molar-refractivity contribution in [2.24, 2.45) is 11.7 Å². The van der Waals surface area contributed by atoms with E-state index in [1.165, 1.54) is 0 Å². The van der Waals surface area contributed by atoms with Crippen LogP contribution in [0.5, 0.6) is 0 Å². The van der Waals surface area contributed by atoms with Crippen LogP contribution in [-0.4, -0.2) is 9.78 Å². The van der Waals surface area contributed by atoms with Gasteiger partial charge in [0.05, 0.1) is 5.69 Å². The fourth-order valence-electron chi connectivity index (χ4n) is 1.58. The summed E-state index contributed by atoms with van der Waals surface area (Å²) in [5.41, 5.74) is 7.05. The van der Waals surface area contributed by atoms with Crippen molar-refractivity contribution >= 4 is 0 Å². The summed E-state index contributed by atoms with van der Waals surface area (Å²) < 4.78 is 1.55. The van der Waals surface area contributed by atoms with E-state index in [9.17, 15) is 4.79 Å². The lowest BCUT2D eigenvalue weighted by Crippen LogP contribution is -2.32. The van der Waals surface area contributed by atoms with Gasteiger partial charge >= 0.3 is 0 Å². The summed E-state index contributed by atoms with van der Waals surface area (Å²) in [6, 6.07) is 1.83. The molecule has 1 heterocycles. The Hall–Kier alpha value is -1.16. The molecule has 0 atom stereocenters. The van der Waals surface area contributed by atoms with Crippen LogP contribution in [0.1, 0.15) is 45.9 Å². The van der Waals surface area contributed by atoms with Crippen LogP contribution in [0.25, 0.3) is 0 Å². The molecule has 96 valence electrons. The van der Waals surface area contributed by atoms with E-state index >= 15 is 0 Å². The number of nitrogens with two attached hydrogens (primary N) is 1. The van der Waals surface area contributed by atoms with Crippen molar-refractivity contribution in [1.82, 2.24) is 9.78 Å². The van der Waals surface area contributed by atoms with Crippen molar-refractivity contribution in [3.63, 3.8) is 0 Å². The van der Waals surface area contributed by atoms with Crippen LogP contribution in [0, 0.1) is 5.92 Å². The molecule has 0 radical (unpaired) electrons. The summed E-state index contributed by atoms with van der Waals surface area (Å²) >= 11 is 0. The van der Waals surface area contributed by atoms with Crippen LogP contribution >= 0.6 is 0 Å². The lowest BCUT2D eigenvalue weighted by Gasteiger charge is -2.20. The zero-order valence-electron chi connectivity index (χ0n) is 11.4. The molecule has 4 heteroatoms. The molecule has 1 rings (SSSR count). The van der Waals surface area contributed by atoms with Crippen molar-refractivity contribution in [3.05, 3.63) is 27.7 Å². The number of hydrogen-bond donors (Lipinski definition) is 1. The van der Waals surface area contributed by atoms with Gasteiger partial charge in [-0.2, -0.15) is 5.10 Å². The largest absolute Gasteiger partial charge is 0.326 e. The van der Waals surface area contributed by atoms with Crippen LogP contribution < -0.4 is 11.3 Å². The highest BCUT2D eigenvalue weighted by molar-refractivity contribution is 5.19. The Morgan fingerprint density at radius 2 is 2.00 bits per heavy atom. The standard InChI is InChI=1S/C13H23N3O/c1-9(2)8-16-12(17)10(7-14)6-11(15-16)13(3,4)5/h6,9H,7-8,14H2,1-5H3.